The molecule has 0 saturated heterocycles. The van der Waals surface area contributed by atoms with Gasteiger partial charge in [-0.15, -0.1) is 15.2 Å². The van der Waals surface area contributed by atoms with Gasteiger partial charge in [0.15, 0.2) is 0 Å². The predicted molar refractivity (Wildman–Crippen MR) is 54.8 cm³/mol. The second kappa shape index (κ2) is 4.35. The monoisotopic (exact) mass is 237 g/mol. The van der Waals surface area contributed by atoms with Crippen molar-refractivity contribution in [3.8, 4) is 0 Å². The van der Waals surface area contributed by atoms with E-state index in [0.29, 0.717) is 5.92 Å². The molecule has 0 spiro atoms. The van der Waals surface area contributed by atoms with Crippen molar-refractivity contribution >= 4 is 21.6 Å². The minimum absolute atomic E-state index is 0.212. The maximum absolute atomic E-state index is 12.2. The van der Waals surface area contributed by atoms with Crippen LogP contribution in [0, 0.1) is 0 Å². The third-order valence-corrected chi connectivity index (χ3v) is 3.71. The van der Waals surface area contributed by atoms with Crippen LogP contribution >= 0.6 is 11.3 Å². The van der Waals surface area contributed by atoms with Gasteiger partial charge in [0, 0.05) is 17.0 Å². The van der Waals surface area contributed by atoms with Gasteiger partial charge in [-0.3, -0.25) is 0 Å². The summed E-state index contributed by atoms with van der Waals surface area (Å²) < 4.78 is 32.7. The first kappa shape index (κ1) is 11.6. The molecule has 0 N–H and O–H groups in total. The number of halogens is 1. The smallest absolute Gasteiger partial charge is 0.249 e. The van der Waals surface area contributed by atoms with Gasteiger partial charge in [-0.2, -0.15) is 8.42 Å². The fourth-order valence-corrected chi connectivity index (χ4v) is 2.44. The molecular formula is C8H12FNO2S2. The summed E-state index contributed by atoms with van der Waals surface area (Å²) in [6.07, 6.45) is 1.83. The lowest BCUT2D eigenvalue weighted by Gasteiger charge is -1.95. The highest BCUT2D eigenvalue weighted by Gasteiger charge is 2.10. The molecule has 0 aliphatic carbocycles. The van der Waals surface area contributed by atoms with E-state index in [9.17, 15) is 12.3 Å². The molecule has 3 nitrogen and oxygen atoms in total. The number of nitrogens with zero attached hydrogens (tertiary/aromatic N) is 1. The molecule has 0 aromatic carbocycles. The molecule has 14 heavy (non-hydrogen) atoms. The van der Waals surface area contributed by atoms with Crippen molar-refractivity contribution in [2.75, 3.05) is 5.75 Å². The largest absolute Gasteiger partial charge is 0.302 e. The zero-order chi connectivity index (χ0) is 10.8. The fourth-order valence-electron chi connectivity index (χ4n) is 0.928. The van der Waals surface area contributed by atoms with Crippen LogP contribution in [0.2, 0.25) is 0 Å². The molecule has 0 aliphatic rings. The average molecular weight is 237 g/mol. The summed E-state index contributed by atoms with van der Waals surface area (Å²) in [6.45, 7) is 4.02. The quantitative estimate of drug-likeness (QED) is 0.753. The molecule has 0 radical (unpaired) electrons. The minimum Gasteiger partial charge on any atom is -0.249 e. The van der Waals surface area contributed by atoms with Crippen LogP contribution in [-0.2, 0) is 16.6 Å². The van der Waals surface area contributed by atoms with E-state index in [1.165, 1.54) is 11.3 Å². The molecule has 0 aliphatic heterocycles. The van der Waals surface area contributed by atoms with E-state index < -0.39 is 16.0 Å². The number of aromatic nitrogens is 1. The Kier molecular flexibility index (Phi) is 3.60. The highest BCUT2D eigenvalue weighted by Crippen LogP contribution is 2.21. The highest BCUT2D eigenvalue weighted by molar-refractivity contribution is 7.86. The van der Waals surface area contributed by atoms with Gasteiger partial charge in [-0.25, -0.2) is 4.98 Å². The predicted octanol–water partition coefficient (Wildman–Crippen LogP) is 2.11. The van der Waals surface area contributed by atoms with Crippen LogP contribution < -0.4 is 0 Å². The van der Waals surface area contributed by atoms with Crippen LogP contribution in [0.25, 0.3) is 0 Å². The van der Waals surface area contributed by atoms with Crippen LogP contribution in [-0.4, -0.2) is 19.2 Å². The number of aryl methyl sites for hydroxylation is 1. The second-order valence-electron chi connectivity index (χ2n) is 3.31. The molecule has 0 atom stereocenters. The normalized spacial score (nSPS) is 12.3. The van der Waals surface area contributed by atoms with E-state index in [1.54, 1.807) is 6.20 Å². The molecular weight excluding hydrogens is 225 g/mol. The molecule has 1 rings (SSSR count). The summed E-state index contributed by atoms with van der Waals surface area (Å²) in [4.78, 5) is 4.93. The lowest BCUT2D eigenvalue weighted by atomic mass is 10.2. The summed E-state index contributed by atoms with van der Waals surface area (Å²) in [6, 6.07) is 0. The molecule has 0 amide bonds. The number of hydrogen-bond donors (Lipinski definition) is 0. The van der Waals surface area contributed by atoms with E-state index >= 15 is 0 Å². The minimum atomic E-state index is -4.35. The Morgan fingerprint density at radius 1 is 1.57 bits per heavy atom. The van der Waals surface area contributed by atoms with Gasteiger partial charge in [0.25, 0.3) is 0 Å². The van der Waals surface area contributed by atoms with Crippen LogP contribution in [0.3, 0.4) is 0 Å². The molecule has 0 bridgehead atoms. The SMILES string of the molecule is CC(C)c1ncc(CCS(=O)(=O)F)s1. The van der Waals surface area contributed by atoms with Gasteiger partial charge in [0.05, 0.1) is 10.8 Å². The van der Waals surface area contributed by atoms with Crippen molar-refractivity contribution in [3.05, 3.63) is 16.1 Å². The maximum atomic E-state index is 12.2. The van der Waals surface area contributed by atoms with Gasteiger partial charge < -0.3 is 0 Å². The lowest BCUT2D eigenvalue weighted by molar-refractivity contribution is 0.551. The first-order chi connectivity index (χ1) is 6.38. The number of hydrogen-bond acceptors (Lipinski definition) is 4. The van der Waals surface area contributed by atoms with E-state index in [4.69, 9.17) is 0 Å². The first-order valence-corrected chi connectivity index (χ1v) is 6.62. The Bertz CT molecular complexity index is 397. The topological polar surface area (TPSA) is 47.0 Å². The summed E-state index contributed by atoms with van der Waals surface area (Å²) in [5, 5.41) is 0.955. The van der Waals surface area contributed by atoms with Gasteiger partial charge in [0.2, 0.25) is 0 Å². The van der Waals surface area contributed by atoms with Gasteiger partial charge in [-0.05, 0) is 6.42 Å². The van der Waals surface area contributed by atoms with Crippen molar-refractivity contribution in [1.29, 1.82) is 0 Å². The zero-order valence-electron chi connectivity index (χ0n) is 8.03. The molecule has 0 saturated carbocycles. The van der Waals surface area contributed by atoms with Crippen molar-refractivity contribution in [2.45, 2.75) is 26.2 Å². The average Bonchev–Trinajstić information content (AvgIpc) is 2.47. The summed E-state index contributed by atoms with van der Waals surface area (Å²) >= 11 is 1.44. The third-order valence-electron chi connectivity index (χ3n) is 1.66. The maximum Gasteiger partial charge on any atom is 0.302 e. The molecule has 80 valence electrons. The summed E-state index contributed by atoms with van der Waals surface area (Å²) in [7, 11) is -4.35. The Labute approximate surface area is 87.2 Å². The number of thiazole rings is 1. The third kappa shape index (κ3) is 3.71. The van der Waals surface area contributed by atoms with E-state index in [1.807, 2.05) is 13.8 Å². The van der Waals surface area contributed by atoms with Crippen molar-refractivity contribution in [3.63, 3.8) is 0 Å². The van der Waals surface area contributed by atoms with Gasteiger partial charge in [0.1, 0.15) is 0 Å². The summed E-state index contributed by atoms with van der Waals surface area (Å²) in [5.74, 6) is -0.122. The molecule has 6 heteroatoms. The van der Waals surface area contributed by atoms with Crippen LogP contribution in [0.5, 0.6) is 0 Å². The lowest BCUT2D eigenvalue weighted by Crippen LogP contribution is -2.00. The van der Waals surface area contributed by atoms with Crippen LogP contribution in [0.15, 0.2) is 6.20 Å². The van der Waals surface area contributed by atoms with Crippen LogP contribution in [0.1, 0.15) is 29.7 Å². The molecule has 1 aromatic rings. The standard InChI is InChI=1S/C8H12FNO2S2/c1-6(2)8-10-5-7(13-8)3-4-14(9,11)12/h5-6H,3-4H2,1-2H3. The van der Waals surface area contributed by atoms with Crippen molar-refractivity contribution in [1.82, 2.24) is 4.98 Å². The highest BCUT2D eigenvalue weighted by atomic mass is 32.3. The van der Waals surface area contributed by atoms with E-state index in [0.717, 1.165) is 9.88 Å². The van der Waals surface area contributed by atoms with Crippen LogP contribution in [0.4, 0.5) is 3.89 Å². The molecule has 1 heterocycles. The Hall–Kier alpha value is -0.490. The molecule has 0 fully saturated rings. The number of rotatable bonds is 4. The molecule has 1 aromatic heterocycles. The Morgan fingerprint density at radius 3 is 2.64 bits per heavy atom. The van der Waals surface area contributed by atoms with Crippen molar-refractivity contribution in [2.24, 2.45) is 0 Å². The Morgan fingerprint density at radius 2 is 2.21 bits per heavy atom. The van der Waals surface area contributed by atoms with Gasteiger partial charge >= 0.3 is 10.2 Å². The fraction of sp³-hybridized carbons (Fsp3) is 0.625. The van der Waals surface area contributed by atoms with E-state index in [-0.39, 0.29) is 6.42 Å². The Balaban J connectivity index is 2.61. The second-order valence-corrected chi connectivity index (χ2v) is 5.95. The molecule has 0 unspecified atom stereocenters. The zero-order valence-corrected chi connectivity index (χ0v) is 9.66. The van der Waals surface area contributed by atoms with Gasteiger partial charge in [-0.1, -0.05) is 13.8 Å². The van der Waals surface area contributed by atoms with Crippen molar-refractivity contribution < 1.29 is 12.3 Å². The first-order valence-electron chi connectivity index (χ1n) is 4.25. The van der Waals surface area contributed by atoms with E-state index in [2.05, 4.69) is 4.98 Å². The summed E-state index contributed by atoms with van der Waals surface area (Å²) in [5.41, 5.74) is 0.